The Kier molecular flexibility index (Phi) is 6.43. The zero-order valence-electron chi connectivity index (χ0n) is 4.84. The molecule has 0 aromatic rings. The highest BCUT2D eigenvalue weighted by Gasteiger charge is 2.12. The molecule has 0 heterocycles. The zero-order valence-corrected chi connectivity index (χ0v) is 8.26. The summed E-state index contributed by atoms with van der Waals surface area (Å²) < 4.78 is 14.2. The van der Waals surface area contributed by atoms with Gasteiger partial charge >= 0.3 is 7.82 Å². The molecule has 0 unspecified atom stereocenters. The number of phosphoric acid groups is 1. The van der Waals surface area contributed by atoms with Crippen LogP contribution in [0, 0.1) is 0 Å². The molecular formula is C2H7O4PS3. The van der Waals surface area contributed by atoms with Gasteiger partial charge in [-0.15, -0.1) is 0 Å². The maximum atomic E-state index is 10.0. The van der Waals surface area contributed by atoms with Crippen molar-refractivity contribution >= 4 is 40.1 Å². The number of hydrogen-bond acceptors (Lipinski definition) is 5. The average molecular weight is 222 g/mol. The van der Waals surface area contributed by atoms with E-state index in [1.165, 1.54) is 20.6 Å². The van der Waals surface area contributed by atoms with Gasteiger partial charge in [0.1, 0.15) is 0 Å². The molecule has 0 saturated heterocycles. The second-order valence-electron chi connectivity index (χ2n) is 1.22. The SMILES string of the molecule is O=P(O)(O)OCCSSS. The lowest BCUT2D eigenvalue weighted by Gasteiger charge is -2.02. The Bertz CT molecular complexity index is 124. The van der Waals surface area contributed by atoms with E-state index in [0.717, 1.165) is 0 Å². The van der Waals surface area contributed by atoms with E-state index in [1.807, 2.05) is 0 Å². The van der Waals surface area contributed by atoms with Crippen LogP contribution in [0.15, 0.2) is 0 Å². The van der Waals surface area contributed by atoms with Crippen molar-refractivity contribution < 1.29 is 18.9 Å². The van der Waals surface area contributed by atoms with Crippen molar-refractivity contribution in [3.05, 3.63) is 0 Å². The molecule has 0 aromatic carbocycles. The normalized spacial score (nSPS) is 11.9. The van der Waals surface area contributed by atoms with Crippen LogP contribution in [0.4, 0.5) is 0 Å². The minimum Gasteiger partial charge on any atom is -0.303 e. The summed E-state index contributed by atoms with van der Waals surface area (Å²) in [6.45, 7) is 0.0442. The Morgan fingerprint density at radius 1 is 1.60 bits per heavy atom. The van der Waals surface area contributed by atoms with E-state index < -0.39 is 7.82 Å². The lowest BCUT2D eigenvalue weighted by Crippen LogP contribution is -1.93. The Balaban J connectivity index is 3.13. The molecular weight excluding hydrogens is 215 g/mol. The first-order valence-electron chi connectivity index (χ1n) is 2.19. The zero-order chi connectivity index (χ0) is 8.04. The lowest BCUT2D eigenvalue weighted by atomic mass is 10.9. The van der Waals surface area contributed by atoms with E-state index in [2.05, 4.69) is 16.2 Å². The molecule has 10 heavy (non-hydrogen) atoms. The van der Waals surface area contributed by atoms with Crippen LogP contribution in [0.5, 0.6) is 0 Å². The summed E-state index contributed by atoms with van der Waals surface area (Å²) in [7, 11) is -1.66. The quantitative estimate of drug-likeness (QED) is 0.282. The molecule has 0 radical (unpaired) electrons. The summed E-state index contributed by atoms with van der Waals surface area (Å²) in [5, 5.41) is 0. The van der Waals surface area contributed by atoms with E-state index in [1.54, 1.807) is 0 Å². The van der Waals surface area contributed by atoms with Crippen molar-refractivity contribution in [2.75, 3.05) is 12.4 Å². The molecule has 0 amide bonds. The van der Waals surface area contributed by atoms with Gasteiger partial charge in [-0.2, -0.15) is 0 Å². The fraction of sp³-hybridized carbons (Fsp3) is 1.00. The third-order valence-corrected chi connectivity index (χ3v) is 3.20. The molecule has 0 fully saturated rings. The summed E-state index contributed by atoms with van der Waals surface area (Å²) in [6, 6.07) is 0. The minimum atomic E-state index is -4.25. The third kappa shape index (κ3) is 9.16. The smallest absolute Gasteiger partial charge is 0.303 e. The summed E-state index contributed by atoms with van der Waals surface area (Å²) in [5.41, 5.74) is 0. The number of rotatable bonds is 5. The molecule has 62 valence electrons. The van der Waals surface area contributed by atoms with Gasteiger partial charge in [-0.3, -0.25) is 4.52 Å². The monoisotopic (exact) mass is 222 g/mol. The Morgan fingerprint density at radius 2 is 2.20 bits per heavy atom. The Hall–Kier alpha value is 1.16. The second-order valence-corrected chi connectivity index (χ2v) is 5.75. The number of hydrogen-bond donors (Lipinski definition) is 3. The Morgan fingerprint density at radius 3 is 2.60 bits per heavy atom. The van der Waals surface area contributed by atoms with Crippen molar-refractivity contribution in [3.63, 3.8) is 0 Å². The van der Waals surface area contributed by atoms with Crippen molar-refractivity contribution in [3.8, 4) is 0 Å². The van der Waals surface area contributed by atoms with Crippen LogP contribution < -0.4 is 0 Å². The van der Waals surface area contributed by atoms with Gasteiger partial charge in [-0.25, -0.2) is 4.57 Å². The fourth-order valence-electron chi connectivity index (χ4n) is 0.227. The van der Waals surface area contributed by atoms with Crippen LogP contribution in [-0.2, 0) is 9.09 Å². The topological polar surface area (TPSA) is 66.8 Å². The van der Waals surface area contributed by atoms with E-state index in [-0.39, 0.29) is 6.61 Å². The molecule has 0 aliphatic rings. The standard InChI is InChI=1S/C2H7O4PS3/c3-7(4,5)6-1-2-9-10-8/h8H,1-2H2,(H2,3,4,5). The highest BCUT2D eigenvalue weighted by atomic mass is 33.5. The summed E-state index contributed by atoms with van der Waals surface area (Å²) in [6.07, 6.45) is 0. The fourth-order valence-corrected chi connectivity index (χ4v) is 2.00. The molecule has 0 bridgehead atoms. The van der Waals surface area contributed by atoms with Gasteiger partial charge in [-0.1, -0.05) is 22.5 Å². The average Bonchev–Trinajstić information content (AvgIpc) is 1.78. The largest absolute Gasteiger partial charge is 0.469 e. The molecule has 0 spiro atoms. The summed E-state index contributed by atoms with van der Waals surface area (Å²) in [5.74, 6) is 0.513. The maximum absolute atomic E-state index is 10.0. The highest BCUT2D eigenvalue weighted by Crippen LogP contribution is 2.36. The van der Waals surface area contributed by atoms with Gasteiger partial charge in [0.2, 0.25) is 0 Å². The van der Waals surface area contributed by atoms with Gasteiger partial charge in [0, 0.05) is 5.75 Å². The van der Waals surface area contributed by atoms with Gasteiger partial charge in [0.15, 0.2) is 0 Å². The molecule has 0 rings (SSSR count). The molecule has 4 nitrogen and oxygen atoms in total. The van der Waals surface area contributed by atoms with E-state index >= 15 is 0 Å². The van der Waals surface area contributed by atoms with Crippen LogP contribution >= 0.6 is 40.1 Å². The third-order valence-electron chi connectivity index (χ3n) is 0.479. The minimum absolute atomic E-state index is 0.0442. The Labute approximate surface area is 71.6 Å². The van der Waals surface area contributed by atoms with E-state index in [0.29, 0.717) is 5.75 Å². The van der Waals surface area contributed by atoms with Crippen LogP contribution in [-0.4, -0.2) is 22.1 Å². The second kappa shape index (κ2) is 5.77. The summed E-state index contributed by atoms with van der Waals surface area (Å²) in [4.78, 5) is 16.3. The van der Waals surface area contributed by atoms with E-state index in [4.69, 9.17) is 9.79 Å². The maximum Gasteiger partial charge on any atom is 0.469 e. The molecule has 8 heteroatoms. The van der Waals surface area contributed by atoms with Crippen molar-refractivity contribution in [2.24, 2.45) is 0 Å². The molecule has 2 N–H and O–H groups in total. The van der Waals surface area contributed by atoms with Gasteiger partial charge in [0.05, 0.1) is 6.61 Å². The van der Waals surface area contributed by atoms with Crippen molar-refractivity contribution in [1.29, 1.82) is 0 Å². The van der Waals surface area contributed by atoms with Crippen molar-refractivity contribution in [1.82, 2.24) is 0 Å². The molecule has 0 aliphatic heterocycles. The predicted octanol–water partition coefficient (Wildman–Crippen LogP) is 1.32. The molecule has 0 atom stereocenters. The van der Waals surface area contributed by atoms with Crippen LogP contribution in [0.3, 0.4) is 0 Å². The van der Waals surface area contributed by atoms with Gasteiger partial charge in [0.25, 0.3) is 0 Å². The first kappa shape index (κ1) is 11.2. The highest BCUT2D eigenvalue weighted by molar-refractivity contribution is 9.05. The first-order valence-corrected chi connectivity index (χ1v) is 7.09. The number of phosphoric ester groups is 1. The van der Waals surface area contributed by atoms with Gasteiger partial charge < -0.3 is 9.79 Å². The van der Waals surface area contributed by atoms with Gasteiger partial charge in [-0.05, 0) is 9.83 Å². The van der Waals surface area contributed by atoms with Crippen LogP contribution in [0.1, 0.15) is 0 Å². The molecule has 0 aromatic heterocycles. The first-order chi connectivity index (χ1) is 4.56. The van der Waals surface area contributed by atoms with Crippen LogP contribution in [0.25, 0.3) is 0 Å². The lowest BCUT2D eigenvalue weighted by molar-refractivity contribution is 0.208. The van der Waals surface area contributed by atoms with E-state index in [9.17, 15) is 4.57 Å². The summed E-state index contributed by atoms with van der Waals surface area (Å²) >= 11 is 3.80. The molecule has 0 aliphatic carbocycles. The van der Waals surface area contributed by atoms with Crippen molar-refractivity contribution in [2.45, 2.75) is 0 Å². The number of thiol groups is 1. The van der Waals surface area contributed by atoms with Crippen LogP contribution in [0.2, 0.25) is 0 Å². The predicted molar refractivity (Wildman–Crippen MR) is 47.0 cm³/mol. The molecule has 0 saturated carbocycles.